The fourth-order valence-electron chi connectivity index (χ4n) is 8.13. The van der Waals surface area contributed by atoms with Crippen LogP contribution in [0.2, 0.25) is 0 Å². The van der Waals surface area contributed by atoms with E-state index >= 15 is 0 Å². The van der Waals surface area contributed by atoms with E-state index in [1.165, 1.54) is 21.3 Å². The number of hydrogen-bond acceptors (Lipinski definition) is 10. The van der Waals surface area contributed by atoms with Crippen molar-refractivity contribution in [2.75, 3.05) is 64.4 Å². The number of benzene rings is 1. The zero-order valence-corrected chi connectivity index (χ0v) is 34.6. The average molecular weight is 842 g/mol. The van der Waals surface area contributed by atoms with Crippen LogP contribution in [0.15, 0.2) is 23.1 Å². The van der Waals surface area contributed by atoms with Crippen molar-refractivity contribution >= 4 is 39.7 Å². The highest BCUT2D eigenvalue weighted by molar-refractivity contribution is 7.99. The van der Waals surface area contributed by atoms with Crippen molar-refractivity contribution < 1.29 is 45.8 Å². The van der Waals surface area contributed by atoms with Crippen LogP contribution in [0.4, 0.5) is 18.0 Å². The second-order valence-corrected chi connectivity index (χ2v) is 19.6. The average Bonchev–Trinajstić information content (AvgIpc) is 3.88. The normalized spacial score (nSPS) is 20.9. The molecule has 1 aromatic heterocycles. The number of carbonyl (C=O) groups excluding carboxylic acids is 3. The number of fused-ring (bicyclic) bond motifs is 1. The number of amides is 3. The quantitative estimate of drug-likeness (QED) is 0.238. The molecule has 2 unspecified atom stereocenters. The Morgan fingerprint density at radius 1 is 1.05 bits per heavy atom. The molecule has 0 saturated carbocycles. The van der Waals surface area contributed by atoms with E-state index < -0.39 is 45.5 Å². The summed E-state index contributed by atoms with van der Waals surface area (Å²) in [6.45, 7) is 8.88. The Balaban J connectivity index is 1.13. The van der Waals surface area contributed by atoms with Crippen molar-refractivity contribution in [1.29, 1.82) is 0 Å². The summed E-state index contributed by atoms with van der Waals surface area (Å²) in [4.78, 5) is 43.1. The Labute approximate surface area is 336 Å². The molecular formula is C38H54F3N7O7S2. The third-order valence-electron chi connectivity index (χ3n) is 11.0. The summed E-state index contributed by atoms with van der Waals surface area (Å²) in [5, 5.41) is 18.9. The molecule has 4 aliphatic rings. The molecule has 2 N–H and O–H groups in total. The maximum absolute atomic E-state index is 14.3. The Morgan fingerprint density at radius 3 is 2.44 bits per heavy atom. The number of ether oxygens (including phenoxy) is 1. The molecule has 6 rings (SSSR count). The number of β-amino-alcohol motifs (C(OH)–C–C–N with tert-alkyl or cyclic N) is 1. The van der Waals surface area contributed by atoms with Gasteiger partial charge in [-0.15, -0.1) is 11.8 Å². The van der Waals surface area contributed by atoms with E-state index in [-0.39, 0.29) is 61.2 Å². The van der Waals surface area contributed by atoms with E-state index in [0.29, 0.717) is 49.2 Å². The smallest absolute Gasteiger partial charge is 0.417 e. The van der Waals surface area contributed by atoms with Gasteiger partial charge in [-0.05, 0) is 58.6 Å². The van der Waals surface area contributed by atoms with Gasteiger partial charge in [0.05, 0.1) is 36.1 Å². The molecule has 1 aromatic carbocycles. The molecule has 57 heavy (non-hydrogen) atoms. The number of aliphatic hydroxyl groups excluding tert-OH is 1. The van der Waals surface area contributed by atoms with Crippen LogP contribution < -0.4 is 5.32 Å². The number of carbonyl (C=O) groups is 3. The van der Waals surface area contributed by atoms with Gasteiger partial charge in [-0.25, -0.2) is 13.2 Å². The molecule has 5 heterocycles. The van der Waals surface area contributed by atoms with E-state index in [1.807, 2.05) is 4.90 Å². The molecule has 3 fully saturated rings. The highest BCUT2D eigenvalue weighted by Gasteiger charge is 2.37. The zero-order valence-electron chi connectivity index (χ0n) is 33.0. The molecule has 316 valence electrons. The molecule has 2 atom stereocenters. The molecule has 3 saturated heterocycles. The van der Waals surface area contributed by atoms with Crippen LogP contribution in [0, 0.1) is 5.92 Å². The van der Waals surface area contributed by atoms with Gasteiger partial charge in [-0.2, -0.15) is 22.6 Å². The molecule has 19 heteroatoms. The van der Waals surface area contributed by atoms with Crippen LogP contribution >= 0.6 is 11.8 Å². The molecular weight excluding hydrogens is 788 g/mol. The van der Waals surface area contributed by atoms with Crippen molar-refractivity contribution in [3.63, 3.8) is 0 Å². The highest BCUT2D eigenvalue weighted by atomic mass is 32.2. The fourth-order valence-corrected chi connectivity index (χ4v) is 9.89. The minimum Gasteiger partial charge on any atom is -0.444 e. The summed E-state index contributed by atoms with van der Waals surface area (Å²) >= 11 is 0.939. The van der Waals surface area contributed by atoms with Crippen molar-refractivity contribution in [3.05, 3.63) is 35.0 Å². The van der Waals surface area contributed by atoms with Gasteiger partial charge in [-0.3, -0.25) is 14.3 Å². The third kappa shape index (κ3) is 10.8. The molecule has 0 radical (unpaired) electrons. The van der Waals surface area contributed by atoms with Crippen LogP contribution in [0.25, 0.3) is 11.3 Å². The molecule has 4 aliphatic heterocycles. The fraction of sp³-hybridized carbons (Fsp3) is 0.684. The first-order valence-electron chi connectivity index (χ1n) is 19.6. The molecule has 0 aliphatic carbocycles. The van der Waals surface area contributed by atoms with E-state index in [1.54, 1.807) is 25.5 Å². The first kappa shape index (κ1) is 43.2. The summed E-state index contributed by atoms with van der Waals surface area (Å²) < 4.78 is 76.4. The lowest BCUT2D eigenvalue weighted by molar-refractivity contribution is -0.139. The van der Waals surface area contributed by atoms with Crippen LogP contribution in [0.1, 0.15) is 69.7 Å². The first-order chi connectivity index (χ1) is 26.8. The maximum Gasteiger partial charge on any atom is 0.417 e. The molecule has 14 nitrogen and oxygen atoms in total. The Hall–Kier alpha value is -3.39. The summed E-state index contributed by atoms with van der Waals surface area (Å²) in [6, 6.07) is 3.95. The van der Waals surface area contributed by atoms with Crippen molar-refractivity contribution in [2.24, 2.45) is 5.92 Å². The largest absolute Gasteiger partial charge is 0.444 e. The number of hydrogen-bond donors (Lipinski definition) is 2. The van der Waals surface area contributed by atoms with Gasteiger partial charge in [0.2, 0.25) is 21.8 Å². The second kappa shape index (κ2) is 17.5. The van der Waals surface area contributed by atoms with Crippen LogP contribution in [-0.2, 0) is 50.0 Å². The number of likely N-dealkylation sites (tertiary alicyclic amines) is 3. The monoisotopic (exact) mass is 841 g/mol. The van der Waals surface area contributed by atoms with E-state index in [0.717, 1.165) is 68.7 Å². The standard InChI is InChI=1S/C38H54F3N7O7S2/c1-37(2,3)55-36(52)45-17-9-26(21-45)35(51)42-13-19-56-32-20-25(7-8-30(32)38(39,40)41)34-29-24-46(57(4,53)54)18-12-31(29)48(43-34)23-28(49)22-44-15-10-27(11-16-44)47-14-5-6-33(47)50/h7-8,20,26-28,49H,5-6,9-19,21-24H2,1-4H3,(H,42,51). The van der Waals surface area contributed by atoms with Gasteiger partial charge >= 0.3 is 12.3 Å². The van der Waals surface area contributed by atoms with Crippen molar-refractivity contribution in [3.8, 4) is 11.3 Å². The number of rotatable bonds is 12. The number of thioether (sulfide) groups is 1. The lowest BCUT2D eigenvalue weighted by Gasteiger charge is -2.37. The maximum atomic E-state index is 14.3. The van der Waals surface area contributed by atoms with Gasteiger partial charge < -0.3 is 29.9 Å². The predicted octanol–water partition coefficient (Wildman–Crippen LogP) is 3.80. The third-order valence-corrected chi connectivity index (χ3v) is 13.3. The van der Waals surface area contributed by atoms with Crippen LogP contribution in [0.3, 0.4) is 0 Å². The number of alkyl halides is 3. The minimum absolute atomic E-state index is 0.00954. The van der Waals surface area contributed by atoms with Crippen LogP contribution in [0.5, 0.6) is 0 Å². The van der Waals surface area contributed by atoms with Crippen LogP contribution in [-0.4, -0.2) is 142 Å². The lowest BCUT2D eigenvalue weighted by atomic mass is 10.0. The topological polar surface area (TPSA) is 158 Å². The van der Waals surface area contributed by atoms with E-state index in [9.17, 15) is 41.1 Å². The van der Waals surface area contributed by atoms with Gasteiger partial charge in [0.1, 0.15) is 5.60 Å². The number of nitrogens with one attached hydrogen (secondary N) is 1. The Bertz CT molecular complexity index is 1910. The first-order valence-corrected chi connectivity index (χ1v) is 22.4. The van der Waals surface area contributed by atoms with Gasteiger partial charge in [-0.1, -0.05) is 6.07 Å². The summed E-state index contributed by atoms with van der Waals surface area (Å²) in [7, 11) is -3.59. The number of sulfonamides is 1. The van der Waals surface area contributed by atoms with E-state index in [2.05, 4.69) is 10.2 Å². The van der Waals surface area contributed by atoms with Gasteiger partial charge in [0.25, 0.3) is 0 Å². The molecule has 0 bridgehead atoms. The summed E-state index contributed by atoms with van der Waals surface area (Å²) in [5.74, 6) is -0.404. The summed E-state index contributed by atoms with van der Waals surface area (Å²) in [5.41, 5.74) is 0.516. The lowest BCUT2D eigenvalue weighted by Crippen LogP contribution is -2.47. The van der Waals surface area contributed by atoms with E-state index in [4.69, 9.17) is 9.84 Å². The zero-order chi connectivity index (χ0) is 41.3. The number of aromatic nitrogens is 2. The Kier molecular flexibility index (Phi) is 13.2. The van der Waals surface area contributed by atoms with Crippen molar-refractivity contribution in [2.45, 2.75) is 101 Å². The molecule has 3 amide bonds. The predicted molar refractivity (Wildman–Crippen MR) is 208 cm³/mol. The molecule has 0 spiro atoms. The summed E-state index contributed by atoms with van der Waals surface area (Å²) in [6.07, 6.45) is -0.946. The van der Waals surface area contributed by atoms with Gasteiger partial charge in [0.15, 0.2) is 0 Å². The van der Waals surface area contributed by atoms with Gasteiger partial charge in [0, 0.05) is 105 Å². The Morgan fingerprint density at radius 2 is 1.79 bits per heavy atom. The minimum atomic E-state index is -4.66. The van der Waals surface area contributed by atoms with Crippen molar-refractivity contribution in [1.82, 2.24) is 34.1 Å². The number of aliphatic hydroxyl groups is 1. The second-order valence-electron chi connectivity index (χ2n) is 16.4. The number of nitrogens with zero attached hydrogens (tertiary/aromatic N) is 6. The number of halogens is 3. The highest BCUT2D eigenvalue weighted by Crippen LogP contribution is 2.40. The SMILES string of the molecule is CC(C)(C)OC(=O)N1CCC(C(=O)NCCSc2cc(-c3nn(CC(O)CN4CCC(N5CCCC5=O)CC4)c4c3CN(S(C)(=O)=O)CC4)ccc2C(F)(F)F)C1. The number of piperidine rings is 1. The molecule has 2 aromatic rings.